The summed E-state index contributed by atoms with van der Waals surface area (Å²) in [5, 5.41) is 6.23. The van der Waals surface area contributed by atoms with Gasteiger partial charge in [-0.05, 0) is 24.3 Å². The Morgan fingerprint density at radius 2 is 2.03 bits per heavy atom. The van der Waals surface area contributed by atoms with E-state index in [1.54, 1.807) is 18.2 Å². The number of aromatic amines is 1. The second kappa shape index (κ2) is 8.05. The zero-order valence-corrected chi connectivity index (χ0v) is 18.7. The molecular formula is C24H17F3N6O3. The highest BCUT2D eigenvalue weighted by atomic mass is 19.1. The minimum Gasteiger partial charge on any atom is -0.459 e. The van der Waals surface area contributed by atoms with Gasteiger partial charge in [-0.2, -0.15) is 9.49 Å². The van der Waals surface area contributed by atoms with Crippen molar-refractivity contribution in [3.63, 3.8) is 0 Å². The number of nitrogens with zero attached hydrogens (tertiary/aromatic N) is 4. The Hall–Kier alpha value is -4.45. The number of hydrogen-bond donors (Lipinski definition) is 2. The number of H-pyrrole nitrogens is 1. The largest absolute Gasteiger partial charge is 0.459 e. The van der Waals surface area contributed by atoms with Crippen molar-refractivity contribution >= 4 is 22.5 Å². The zero-order valence-electron chi connectivity index (χ0n) is 18.7. The first kappa shape index (κ1) is 22.0. The van der Waals surface area contributed by atoms with E-state index in [1.807, 2.05) is 4.90 Å². The van der Waals surface area contributed by atoms with Gasteiger partial charge >= 0.3 is 0 Å². The highest BCUT2D eigenvalue weighted by molar-refractivity contribution is 5.92. The van der Waals surface area contributed by atoms with Crippen molar-refractivity contribution in [3.05, 3.63) is 87.0 Å². The number of aromatic nitrogens is 4. The fourth-order valence-electron chi connectivity index (χ4n) is 4.51. The van der Waals surface area contributed by atoms with Gasteiger partial charge in [0.15, 0.2) is 17.2 Å². The monoisotopic (exact) mass is 494 g/mol. The number of nitrogens with one attached hydrogen (secondary N) is 2. The molecule has 5 heterocycles. The van der Waals surface area contributed by atoms with Gasteiger partial charge in [-0.15, -0.1) is 0 Å². The van der Waals surface area contributed by atoms with Gasteiger partial charge in [-0.25, -0.2) is 18.3 Å². The fraction of sp³-hybridized carbons (Fsp3) is 0.167. The van der Waals surface area contributed by atoms with Gasteiger partial charge in [-0.3, -0.25) is 14.5 Å². The van der Waals surface area contributed by atoms with Crippen molar-refractivity contribution in [3.8, 4) is 11.3 Å². The minimum atomic E-state index is -0.821. The molecular weight excluding hydrogens is 477 g/mol. The van der Waals surface area contributed by atoms with Crippen LogP contribution >= 0.6 is 0 Å². The van der Waals surface area contributed by atoms with Crippen molar-refractivity contribution in [2.45, 2.75) is 19.6 Å². The Balaban J connectivity index is 1.24. The van der Waals surface area contributed by atoms with E-state index >= 15 is 4.39 Å². The maximum absolute atomic E-state index is 15.3. The highest BCUT2D eigenvalue weighted by Crippen LogP contribution is 2.34. The molecule has 0 saturated carbocycles. The molecule has 0 atom stereocenters. The van der Waals surface area contributed by atoms with E-state index in [4.69, 9.17) is 4.42 Å². The Labute approximate surface area is 200 Å². The van der Waals surface area contributed by atoms with Crippen molar-refractivity contribution in [1.29, 1.82) is 0 Å². The number of pyridine rings is 1. The quantitative estimate of drug-likeness (QED) is 0.372. The zero-order chi connectivity index (χ0) is 25.1. The van der Waals surface area contributed by atoms with Crippen LogP contribution in [-0.4, -0.2) is 37.4 Å². The number of carbonyl (C=O) groups is 1. The average molecular weight is 494 g/mol. The lowest BCUT2D eigenvalue weighted by Crippen LogP contribution is -2.19. The summed E-state index contributed by atoms with van der Waals surface area (Å²) in [7, 11) is 1.43. The third kappa shape index (κ3) is 3.37. The molecule has 0 saturated heterocycles. The lowest BCUT2D eigenvalue weighted by Gasteiger charge is -2.16. The molecule has 1 aliphatic rings. The summed E-state index contributed by atoms with van der Waals surface area (Å²) in [5.74, 6) is -1.83. The smallest absolute Gasteiger partial charge is 0.277 e. The molecule has 4 aromatic heterocycles. The van der Waals surface area contributed by atoms with Crippen molar-refractivity contribution in [2.75, 3.05) is 7.05 Å². The van der Waals surface area contributed by atoms with Gasteiger partial charge in [0.1, 0.15) is 22.7 Å². The van der Waals surface area contributed by atoms with E-state index in [2.05, 4.69) is 20.4 Å². The summed E-state index contributed by atoms with van der Waals surface area (Å²) >= 11 is 0. The van der Waals surface area contributed by atoms with Crippen LogP contribution in [0, 0.1) is 17.6 Å². The third-order valence-electron chi connectivity index (χ3n) is 6.23. The van der Waals surface area contributed by atoms with Crippen LogP contribution in [0.4, 0.5) is 13.2 Å². The molecule has 0 fully saturated rings. The number of furan rings is 1. The topological polar surface area (TPSA) is 109 Å². The Bertz CT molecular complexity index is 1730. The fourth-order valence-corrected chi connectivity index (χ4v) is 4.51. The van der Waals surface area contributed by atoms with Gasteiger partial charge < -0.3 is 14.7 Å². The lowest BCUT2D eigenvalue weighted by atomic mass is 10.1. The van der Waals surface area contributed by atoms with Gasteiger partial charge in [0, 0.05) is 31.3 Å². The molecule has 1 aromatic carbocycles. The van der Waals surface area contributed by atoms with Gasteiger partial charge in [0.25, 0.3) is 11.5 Å². The van der Waals surface area contributed by atoms with Crippen LogP contribution < -0.4 is 10.9 Å². The molecule has 0 bridgehead atoms. The average Bonchev–Trinajstić information content (AvgIpc) is 3.54. The van der Waals surface area contributed by atoms with E-state index in [0.29, 0.717) is 24.4 Å². The van der Waals surface area contributed by atoms with Gasteiger partial charge in [0.2, 0.25) is 5.95 Å². The molecule has 5 aromatic rings. The Morgan fingerprint density at radius 1 is 1.19 bits per heavy atom. The Kier molecular flexibility index (Phi) is 4.93. The highest BCUT2D eigenvalue weighted by Gasteiger charge is 2.27. The molecule has 182 valence electrons. The van der Waals surface area contributed by atoms with Crippen molar-refractivity contribution < 1.29 is 22.4 Å². The predicted octanol–water partition coefficient (Wildman–Crippen LogP) is 3.12. The van der Waals surface area contributed by atoms with Gasteiger partial charge in [0.05, 0.1) is 23.8 Å². The first-order valence-corrected chi connectivity index (χ1v) is 10.9. The van der Waals surface area contributed by atoms with E-state index < -0.39 is 29.0 Å². The normalized spacial score (nSPS) is 13.6. The van der Waals surface area contributed by atoms with Gasteiger partial charge in [-0.1, -0.05) is 6.07 Å². The molecule has 12 heteroatoms. The number of carbonyl (C=O) groups excluding carboxylic acids is 1. The minimum absolute atomic E-state index is 0.0406. The molecule has 1 aliphatic heterocycles. The number of rotatable bonds is 4. The number of amides is 1. The van der Waals surface area contributed by atoms with Crippen LogP contribution in [0.3, 0.4) is 0 Å². The molecule has 0 radical (unpaired) electrons. The lowest BCUT2D eigenvalue weighted by molar-refractivity contribution is 0.0957. The van der Waals surface area contributed by atoms with Crippen molar-refractivity contribution in [1.82, 2.24) is 29.8 Å². The predicted molar refractivity (Wildman–Crippen MR) is 121 cm³/mol. The van der Waals surface area contributed by atoms with Crippen molar-refractivity contribution in [2.24, 2.45) is 0 Å². The Morgan fingerprint density at radius 3 is 2.78 bits per heavy atom. The summed E-state index contributed by atoms with van der Waals surface area (Å²) < 4.78 is 50.6. The molecule has 1 amide bonds. The maximum Gasteiger partial charge on any atom is 0.277 e. The summed E-state index contributed by atoms with van der Waals surface area (Å²) in [6.07, 6.45) is 0.910. The number of fused-ring (bicyclic) bond motifs is 4. The van der Waals surface area contributed by atoms with Crippen LogP contribution in [0.25, 0.3) is 27.9 Å². The molecule has 2 N–H and O–H groups in total. The van der Waals surface area contributed by atoms with E-state index in [-0.39, 0.29) is 40.1 Å². The molecule has 36 heavy (non-hydrogen) atoms. The van der Waals surface area contributed by atoms with Crippen LogP contribution in [0.2, 0.25) is 0 Å². The van der Waals surface area contributed by atoms with E-state index in [9.17, 15) is 18.4 Å². The standard InChI is InChI=1S/C24H17F3N6O3/c1-28-23(34)15-4-3-13(22(27)30-15)17-6-12-9-32(10-18(12)36-17)8-11-2-5-16-20(19(11)26)31-24(35)21-14(25)7-29-33(16)21/h2-7H,8-10H2,1H3,(H,28,34)(H,31,35). The SMILES string of the molecule is CNC(=O)c1ccc(-c2cc3c(o2)CN(Cc2ccc4c([nH]c(=O)c5c(F)cnn54)c2F)C3)c(F)n1. The number of benzene rings is 1. The van der Waals surface area contributed by atoms with E-state index in [0.717, 1.165) is 16.3 Å². The molecule has 9 nitrogen and oxygen atoms in total. The maximum atomic E-state index is 15.3. The summed E-state index contributed by atoms with van der Waals surface area (Å²) in [4.78, 5) is 31.9. The molecule has 0 spiro atoms. The second-order valence-electron chi connectivity index (χ2n) is 8.46. The summed E-state index contributed by atoms with van der Waals surface area (Å²) in [6, 6.07) is 7.69. The first-order chi connectivity index (χ1) is 17.3. The second-order valence-corrected chi connectivity index (χ2v) is 8.46. The molecule has 0 aliphatic carbocycles. The summed E-state index contributed by atoms with van der Waals surface area (Å²) in [5.41, 5.74) is 0.380. The summed E-state index contributed by atoms with van der Waals surface area (Å²) in [6.45, 7) is 1.01. The molecule has 6 rings (SSSR count). The number of hydrogen-bond acceptors (Lipinski definition) is 6. The van der Waals surface area contributed by atoms with Crippen LogP contribution in [0.15, 0.2) is 45.7 Å². The molecule has 0 unspecified atom stereocenters. The van der Waals surface area contributed by atoms with Crippen LogP contribution in [0.5, 0.6) is 0 Å². The number of halogens is 3. The van der Waals surface area contributed by atoms with E-state index in [1.165, 1.54) is 19.2 Å². The third-order valence-corrected chi connectivity index (χ3v) is 6.23. The first-order valence-electron chi connectivity index (χ1n) is 10.9. The van der Waals surface area contributed by atoms with Crippen LogP contribution in [-0.2, 0) is 19.6 Å². The van der Waals surface area contributed by atoms with Crippen LogP contribution in [0.1, 0.15) is 27.4 Å².